The maximum atomic E-state index is 12.4. The molecule has 0 atom stereocenters. The van der Waals surface area contributed by atoms with Crippen LogP contribution in [-0.4, -0.2) is 18.3 Å². The Hall–Kier alpha value is -9.82. The van der Waals surface area contributed by atoms with Crippen molar-refractivity contribution in [2.45, 2.75) is 0 Å². The van der Waals surface area contributed by atoms with E-state index in [0.29, 0.717) is 33.9 Å². The number of nitrogens with zero attached hydrogens (tertiary/aromatic N) is 6. The second-order valence-corrected chi connectivity index (χ2v) is 17.8. The van der Waals surface area contributed by atoms with Gasteiger partial charge in [-0.25, -0.2) is 0 Å². The lowest BCUT2D eigenvalue weighted by Gasteiger charge is -2.27. The average Bonchev–Trinajstić information content (AvgIpc) is 4.20. The van der Waals surface area contributed by atoms with Crippen molar-refractivity contribution in [3.8, 4) is 34.9 Å². The molecule has 318 valence electrons. The molecule has 0 bridgehead atoms. The highest BCUT2D eigenvalue weighted by Gasteiger charge is 2.34. The van der Waals surface area contributed by atoms with Gasteiger partial charge < -0.3 is 22.7 Å². The molecule has 0 aliphatic heterocycles. The fraction of sp³-hybridized carbons (Fsp3) is 0. The summed E-state index contributed by atoms with van der Waals surface area (Å²) < 4.78 is 15.6. The Kier molecular flexibility index (Phi) is 7.51. The highest BCUT2D eigenvalue weighted by molar-refractivity contribution is 6.19. The fourth-order valence-corrected chi connectivity index (χ4v) is 11.7. The van der Waals surface area contributed by atoms with Crippen LogP contribution in [-0.2, 0) is 0 Å². The van der Waals surface area contributed by atoms with E-state index in [0.717, 1.165) is 109 Å². The number of fused-ring (bicyclic) bond motifs is 15. The summed E-state index contributed by atoms with van der Waals surface area (Å²) in [6, 6.07) is 77.1. The smallest absolute Gasteiger partial charge is 0.136 e. The van der Waals surface area contributed by atoms with E-state index in [9.17, 15) is 10.5 Å². The molecule has 69 heavy (non-hydrogen) atoms. The second-order valence-electron chi connectivity index (χ2n) is 17.8. The first-order valence-electron chi connectivity index (χ1n) is 23.1. The molecule has 5 aromatic heterocycles. The van der Waals surface area contributed by atoms with Crippen molar-refractivity contribution < 1.29 is 4.42 Å². The predicted molar refractivity (Wildman–Crippen MR) is 281 cm³/mol. The van der Waals surface area contributed by atoms with E-state index < -0.39 is 0 Å². The van der Waals surface area contributed by atoms with Crippen LogP contribution in [0.3, 0.4) is 0 Å². The van der Waals surface area contributed by atoms with Gasteiger partial charge in [-0.2, -0.15) is 10.5 Å². The van der Waals surface area contributed by atoms with Crippen molar-refractivity contribution in [3.05, 3.63) is 217 Å². The molecule has 7 heteroatoms. The maximum absolute atomic E-state index is 12.4. The third-order valence-electron chi connectivity index (χ3n) is 14.4. The van der Waals surface area contributed by atoms with Gasteiger partial charge in [0.2, 0.25) is 0 Å². The molecule has 5 heterocycles. The van der Waals surface area contributed by atoms with E-state index in [2.05, 4.69) is 206 Å². The third kappa shape index (κ3) is 4.87. The maximum Gasteiger partial charge on any atom is 0.136 e. The summed E-state index contributed by atoms with van der Waals surface area (Å²) in [5.41, 5.74) is 12.2. The van der Waals surface area contributed by atoms with Crippen molar-refractivity contribution in [2.75, 3.05) is 0 Å². The average molecular weight is 879 g/mol. The van der Waals surface area contributed by atoms with Crippen molar-refractivity contribution in [3.63, 3.8) is 0 Å². The number of furan rings is 1. The van der Waals surface area contributed by atoms with Gasteiger partial charge in [0.1, 0.15) is 34.4 Å². The lowest BCUT2D eigenvalue weighted by atomic mass is 9.98. The molecule has 10 aromatic carbocycles. The molecule has 0 N–H and O–H groups in total. The van der Waals surface area contributed by atoms with Crippen LogP contribution in [0.4, 0.5) is 0 Å². The minimum atomic E-state index is 0.360. The summed E-state index contributed by atoms with van der Waals surface area (Å²) in [6.45, 7) is 0. The second kappa shape index (κ2) is 13.9. The third-order valence-corrected chi connectivity index (χ3v) is 14.4. The van der Waals surface area contributed by atoms with E-state index in [-0.39, 0.29) is 0 Å². The Morgan fingerprint density at radius 3 is 0.942 bits per heavy atom. The molecule has 0 amide bonds. The minimum absolute atomic E-state index is 0.360. The van der Waals surface area contributed by atoms with Crippen LogP contribution in [0.2, 0.25) is 0 Å². The molecular weight excluding hydrogens is 845 g/mol. The van der Waals surface area contributed by atoms with Gasteiger partial charge >= 0.3 is 0 Å². The van der Waals surface area contributed by atoms with Crippen LogP contribution in [0.15, 0.2) is 211 Å². The highest BCUT2D eigenvalue weighted by atomic mass is 16.3. The normalized spacial score (nSPS) is 12.0. The van der Waals surface area contributed by atoms with Gasteiger partial charge in [0.05, 0.1) is 66.9 Å². The van der Waals surface area contributed by atoms with Crippen LogP contribution in [0, 0.1) is 22.7 Å². The topological polar surface area (TPSA) is 80.4 Å². The molecular formula is C62H34N6O. The zero-order valence-electron chi connectivity index (χ0n) is 36.7. The van der Waals surface area contributed by atoms with Gasteiger partial charge in [0, 0.05) is 53.9 Å². The number of aromatic nitrogens is 4. The largest absolute Gasteiger partial charge is 0.456 e. The number of hydrogen-bond acceptors (Lipinski definition) is 3. The molecule has 0 radical (unpaired) electrons. The molecule has 0 unspecified atom stereocenters. The molecule has 0 spiro atoms. The van der Waals surface area contributed by atoms with E-state index >= 15 is 0 Å². The number of benzene rings is 10. The standard InChI is InChI=1S/C62H34N6O/c63-35-47-59(68-55-31-15-7-23-43(55)45-34-58-46(33-56(45)68)44-24-8-16-32-57(44)69-58)48(36-64)61(66-51-27-11-3-19-39(51)40-20-4-12-28-52(40)66)62(67-53-29-13-5-21-41(53)42-22-6-14-30-54(42)67)60(47)65-49-25-9-1-17-37(49)38-18-2-10-26-50(38)65/h1-34H. The molecule has 0 aliphatic rings. The summed E-state index contributed by atoms with van der Waals surface area (Å²) in [6.07, 6.45) is 0. The minimum Gasteiger partial charge on any atom is -0.456 e. The van der Waals surface area contributed by atoms with Gasteiger partial charge in [-0.15, -0.1) is 0 Å². The number of para-hydroxylation sites is 8. The quantitative estimate of drug-likeness (QED) is 0.177. The van der Waals surface area contributed by atoms with Crippen LogP contribution in [0.1, 0.15) is 11.1 Å². The number of hydrogen-bond donors (Lipinski definition) is 0. The van der Waals surface area contributed by atoms with Gasteiger partial charge in [0.15, 0.2) is 0 Å². The summed E-state index contributed by atoms with van der Waals surface area (Å²) in [4.78, 5) is 0. The van der Waals surface area contributed by atoms with Crippen LogP contribution in [0.25, 0.3) is 132 Å². The summed E-state index contributed by atoms with van der Waals surface area (Å²) >= 11 is 0. The zero-order valence-corrected chi connectivity index (χ0v) is 36.7. The first kappa shape index (κ1) is 37.4. The SMILES string of the molecule is N#Cc1c(-n2c3ccccc3c3cc4oc5ccccc5c4cc32)c(C#N)c(-n2c3ccccc3c3ccccc32)c(-n2c3ccccc3c3ccccc32)c1-n1c2ccccc2c2ccccc21. The fourth-order valence-electron chi connectivity index (χ4n) is 11.7. The first-order valence-corrected chi connectivity index (χ1v) is 23.1. The van der Waals surface area contributed by atoms with Gasteiger partial charge in [-0.05, 0) is 60.7 Å². The van der Waals surface area contributed by atoms with Crippen molar-refractivity contribution >= 4 is 109 Å². The van der Waals surface area contributed by atoms with E-state index in [1.165, 1.54) is 0 Å². The molecule has 0 saturated carbocycles. The Morgan fingerprint density at radius 1 is 0.261 bits per heavy atom. The highest BCUT2D eigenvalue weighted by Crippen LogP contribution is 2.49. The number of rotatable bonds is 4. The first-order chi connectivity index (χ1) is 34.2. The Labute approximate surface area is 392 Å². The Balaban J connectivity index is 1.28. The van der Waals surface area contributed by atoms with E-state index in [1.54, 1.807) is 0 Å². The zero-order chi connectivity index (χ0) is 45.5. The molecule has 15 aromatic rings. The van der Waals surface area contributed by atoms with E-state index in [4.69, 9.17) is 4.42 Å². The predicted octanol–water partition coefficient (Wildman–Crippen LogP) is 15.7. The van der Waals surface area contributed by atoms with Gasteiger partial charge in [-0.1, -0.05) is 146 Å². The van der Waals surface area contributed by atoms with Crippen LogP contribution >= 0.6 is 0 Å². The molecule has 7 nitrogen and oxygen atoms in total. The Bertz CT molecular complexity index is 4510. The number of nitriles is 2. The van der Waals surface area contributed by atoms with Crippen molar-refractivity contribution in [1.82, 2.24) is 18.3 Å². The molecule has 0 fully saturated rings. The summed E-state index contributed by atoms with van der Waals surface area (Å²) in [7, 11) is 0. The molecule has 15 rings (SSSR count). The van der Waals surface area contributed by atoms with Crippen LogP contribution < -0.4 is 0 Å². The molecule has 0 aliphatic carbocycles. The Morgan fingerprint density at radius 2 is 0.565 bits per heavy atom. The summed E-state index contributed by atoms with van der Waals surface area (Å²) in [5.74, 6) is 0. The van der Waals surface area contributed by atoms with Crippen LogP contribution in [0.5, 0.6) is 0 Å². The van der Waals surface area contributed by atoms with Gasteiger partial charge in [0.25, 0.3) is 0 Å². The van der Waals surface area contributed by atoms with E-state index in [1.807, 2.05) is 30.3 Å². The van der Waals surface area contributed by atoms with Crippen molar-refractivity contribution in [1.29, 1.82) is 10.5 Å². The molecule has 0 saturated heterocycles. The lowest BCUT2D eigenvalue weighted by Crippen LogP contribution is -2.16. The van der Waals surface area contributed by atoms with Crippen molar-refractivity contribution in [2.24, 2.45) is 0 Å². The van der Waals surface area contributed by atoms with Gasteiger partial charge in [-0.3, -0.25) is 0 Å². The lowest BCUT2D eigenvalue weighted by molar-refractivity contribution is 0.669. The summed E-state index contributed by atoms with van der Waals surface area (Å²) in [5, 5.41) is 35.0. The monoisotopic (exact) mass is 878 g/mol.